The molecule has 3 N–H and O–H groups in total. The molecule has 9 nitrogen and oxygen atoms in total. The molecule has 1 fully saturated rings. The predicted molar refractivity (Wildman–Crippen MR) is 146 cm³/mol. The lowest BCUT2D eigenvalue weighted by atomic mass is 9.97. The smallest absolute Gasteiger partial charge is 0.267 e. The highest BCUT2D eigenvalue weighted by atomic mass is 19.1. The minimum absolute atomic E-state index is 0.0148. The van der Waals surface area contributed by atoms with Crippen molar-refractivity contribution in [1.29, 1.82) is 0 Å². The zero-order chi connectivity index (χ0) is 27.7. The number of aryl methyl sites for hydroxylation is 1. The summed E-state index contributed by atoms with van der Waals surface area (Å²) in [5.41, 5.74) is 2.92. The number of halogens is 1. The number of amides is 1. The van der Waals surface area contributed by atoms with Crippen molar-refractivity contribution in [3.05, 3.63) is 98.8 Å². The van der Waals surface area contributed by atoms with E-state index in [4.69, 9.17) is 0 Å². The minimum atomic E-state index is -1.04. The number of nitrogens with zero attached hydrogens (tertiary/aromatic N) is 4. The van der Waals surface area contributed by atoms with Gasteiger partial charge in [-0.2, -0.15) is 10.2 Å². The average Bonchev–Trinajstić information content (AvgIpc) is 3.22. The van der Waals surface area contributed by atoms with Gasteiger partial charge in [0.1, 0.15) is 5.82 Å². The maximum atomic E-state index is 14.6. The number of hydrogen-bond donors (Lipinski definition) is 3. The predicted octanol–water partition coefficient (Wildman–Crippen LogP) is 3.59. The Labute approximate surface area is 225 Å². The molecule has 1 aliphatic heterocycles. The average molecular weight is 531 g/mol. The maximum absolute atomic E-state index is 14.6. The lowest BCUT2D eigenvalue weighted by Gasteiger charge is -2.30. The Balaban J connectivity index is 1.34. The molecule has 1 saturated heterocycles. The van der Waals surface area contributed by atoms with Gasteiger partial charge in [0.05, 0.1) is 28.4 Å². The van der Waals surface area contributed by atoms with E-state index < -0.39 is 17.3 Å². The van der Waals surface area contributed by atoms with Crippen molar-refractivity contribution in [2.24, 2.45) is 7.05 Å². The van der Waals surface area contributed by atoms with Crippen molar-refractivity contribution in [2.45, 2.75) is 38.8 Å². The van der Waals surface area contributed by atoms with E-state index in [1.165, 1.54) is 18.6 Å². The quantitative estimate of drug-likeness (QED) is 0.321. The van der Waals surface area contributed by atoms with Crippen molar-refractivity contribution in [3.8, 4) is 11.3 Å². The lowest BCUT2D eigenvalue weighted by molar-refractivity contribution is 0.0785. The van der Waals surface area contributed by atoms with Gasteiger partial charge < -0.3 is 10.4 Å². The Bertz CT molecular complexity index is 1570. The number of carbonyl (C=O) groups is 1. The fourth-order valence-corrected chi connectivity index (χ4v) is 4.50. The van der Waals surface area contributed by atoms with Crippen LogP contribution in [0.5, 0.6) is 0 Å². The van der Waals surface area contributed by atoms with E-state index in [9.17, 15) is 19.1 Å². The first-order chi connectivity index (χ1) is 18.6. The number of carbonyl (C=O) groups excluding carboxylic acids is 1. The molecule has 1 aliphatic rings. The SMILES string of the molecule is Cn1nc(Cc2cc(-c3ccc(F)c(NC(=O)c4ccc(C(C)(C)O)cc4)c3)n[nH]c2=O)cc1CN1CCC1. The molecule has 3 heterocycles. The zero-order valence-corrected chi connectivity index (χ0v) is 22.2. The van der Waals surface area contributed by atoms with Crippen molar-refractivity contribution in [1.82, 2.24) is 24.9 Å². The van der Waals surface area contributed by atoms with Gasteiger partial charge in [-0.3, -0.25) is 19.2 Å². The number of nitrogens with one attached hydrogen (secondary N) is 2. The number of aliphatic hydroxyl groups is 1. The van der Waals surface area contributed by atoms with E-state index in [1.54, 1.807) is 50.2 Å². The Kier molecular flexibility index (Phi) is 7.16. The first kappa shape index (κ1) is 26.5. The summed E-state index contributed by atoms with van der Waals surface area (Å²) < 4.78 is 16.5. The summed E-state index contributed by atoms with van der Waals surface area (Å²) in [5, 5.41) is 24.0. The highest BCUT2D eigenvalue weighted by Gasteiger charge is 2.19. The molecule has 0 bridgehead atoms. The van der Waals surface area contributed by atoms with Gasteiger partial charge in [-0.1, -0.05) is 12.1 Å². The molecule has 202 valence electrons. The van der Waals surface area contributed by atoms with Gasteiger partial charge in [-0.15, -0.1) is 0 Å². The third kappa shape index (κ3) is 5.97. The van der Waals surface area contributed by atoms with Crippen LogP contribution in [0.25, 0.3) is 11.3 Å². The van der Waals surface area contributed by atoms with E-state index in [1.807, 2.05) is 17.8 Å². The number of aromatic nitrogens is 4. The molecular formula is C29H31FN6O3. The Morgan fingerprint density at radius 2 is 1.87 bits per heavy atom. The second kappa shape index (κ2) is 10.5. The summed E-state index contributed by atoms with van der Waals surface area (Å²) in [6, 6.07) is 14.4. The summed E-state index contributed by atoms with van der Waals surface area (Å²) in [4.78, 5) is 27.7. The highest BCUT2D eigenvalue weighted by Crippen LogP contribution is 2.25. The number of likely N-dealkylation sites (tertiary alicyclic amines) is 1. The maximum Gasteiger partial charge on any atom is 0.267 e. The van der Waals surface area contributed by atoms with Gasteiger partial charge in [0, 0.05) is 36.7 Å². The topological polar surface area (TPSA) is 116 Å². The number of benzene rings is 2. The van der Waals surface area contributed by atoms with E-state index in [0.717, 1.165) is 31.0 Å². The molecule has 0 radical (unpaired) electrons. The highest BCUT2D eigenvalue weighted by molar-refractivity contribution is 6.04. The van der Waals surface area contributed by atoms with Crippen molar-refractivity contribution in [3.63, 3.8) is 0 Å². The van der Waals surface area contributed by atoms with Crippen LogP contribution in [0.1, 0.15) is 53.1 Å². The summed E-state index contributed by atoms with van der Waals surface area (Å²) >= 11 is 0. The van der Waals surface area contributed by atoms with Gasteiger partial charge in [-0.25, -0.2) is 9.49 Å². The van der Waals surface area contributed by atoms with Gasteiger partial charge in [0.15, 0.2) is 0 Å². The molecule has 0 spiro atoms. The standard InChI is InChI=1S/C29H31FN6O3/c1-29(2,39)21-8-5-18(6-9-21)27(37)31-26-14-19(7-10-24(26)30)25-15-20(28(38)33-32-25)13-22-16-23(35(3)34-22)17-36-11-4-12-36/h5-10,14-16,39H,4,11-13,17H2,1-3H3,(H,31,37)(H,33,38). The van der Waals surface area contributed by atoms with E-state index in [2.05, 4.69) is 25.5 Å². The molecule has 10 heteroatoms. The van der Waals surface area contributed by atoms with Crippen molar-refractivity contribution in [2.75, 3.05) is 18.4 Å². The molecule has 0 atom stereocenters. The van der Waals surface area contributed by atoms with Crippen LogP contribution in [0, 0.1) is 5.82 Å². The molecule has 0 saturated carbocycles. The third-order valence-corrected chi connectivity index (χ3v) is 6.98. The van der Waals surface area contributed by atoms with Crippen LogP contribution in [0.4, 0.5) is 10.1 Å². The summed E-state index contributed by atoms with van der Waals surface area (Å²) in [6.07, 6.45) is 1.54. The van der Waals surface area contributed by atoms with Crippen LogP contribution < -0.4 is 10.9 Å². The normalized spacial score (nSPS) is 13.8. The number of rotatable bonds is 8. The van der Waals surface area contributed by atoms with Gasteiger partial charge >= 0.3 is 0 Å². The van der Waals surface area contributed by atoms with Crippen molar-refractivity contribution >= 4 is 11.6 Å². The molecule has 0 aliphatic carbocycles. The minimum Gasteiger partial charge on any atom is -0.386 e. The van der Waals surface area contributed by atoms with Crippen LogP contribution in [-0.4, -0.2) is 49.0 Å². The van der Waals surface area contributed by atoms with Gasteiger partial charge in [0.2, 0.25) is 0 Å². The fraction of sp³-hybridized carbons (Fsp3) is 0.310. The molecule has 2 aromatic heterocycles. The van der Waals surface area contributed by atoms with E-state index in [0.29, 0.717) is 34.4 Å². The lowest BCUT2D eigenvalue weighted by Crippen LogP contribution is -2.36. The van der Waals surface area contributed by atoms with Crippen LogP contribution in [0.3, 0.4) is 0 Å². The largest absolute Gasteiger partial charge is 0.386 e. The van der Waals surface area contributed by atoms with Crippen LogP contribution in [-0.2, 0) is 25.6 Å². The zero-order valence-electron chi connectivity index (χ0n) is 22.2. The Hall–Kier alpha value is -4.15. The Morgan fingerprint density at radius 1 is 1.13 bits per heavy atom. The first-order valence-electron chi connectivity index (χ1n) is 12.8. The van der Waals surface area contributed by atoms with Crippen LogP contribution >= 0.6 is 0 Å². The second-order valence-corrected chi connectivity index (χ2v) is 10.4. The fourth-order valence-electron chi connectivity index (χ4n) is 4.50. The monoisotopic (exact) mass is 530 g/mol. The molecule has 1 amide bonds. The summed E-state index contributed by atoms with van der Waals surface area (Å²) in [7, 11) is 1.90. The van der Waals surface area contributed by atoms with E-state index in [-0.39, 0.29) is 11.2 Å². The second-order valence-electron chi connectivity index (χ2n) is 10.4. The molecule has 0 unspecified atom stereocenters. The summed E-state index contributed by atoms with van der Waals surface area (Å²) in [6.45, 7) is 6.31. The van der Waals surface area contributed by atoms with Crippen molar-refractivity contribution < 1.29 is 14.3 Å². The van der Waals surface area contributed by atoms with Crippen LogP contribution in [0.2, 0.25) is 0 Å². The molecular weight excluding hydrogens is 499 g/mol. The molecule has 5 rings (SSSR count). The third-order valence-electron chi connectivity index (χ3n) is 6.98. The van der Waals surface area contributed by atoms with Gasteiger partial charge in [-0.05, 0) is 81.4 Å². The van der Waals surface area contributed by atoms with Crippen LogP contribution in [0.15, 0.2) is 59.4 Å². The van der Waals surface area contributed by atoms with Gasteiger partial charge in [0.25, 0.3) is 11.5 Å². The number of H-pyrrole nitrogens is 1. The number of hydrogen-bond acceptors (Lipinski definition) is 6. The molecule has 4 aromatic rings. The summed E-state index contributed by atoms with van der Waals surface area (Å²) in [5.74, 6) is -1.10. The van der Waals surface area contributed by atoms with E-state index >= 15 is 0 Å². The molecule has 2 aromatic carbocycles. The Morgan fingerprint density at radius 3 is 2.54 bits per heavy atom. The number of aromatic amines is 1. The number of anilines is 1. The first-order valence-corrected chi connectivity index (χ1v) is 12.8. The molecule has 39 heavy (non-hydrogen) atoms.